The monoisotopic (exact) mass is 339 g/mol. The Balaban J connectivity index is 1.72. The van der Waals surface area contributed by atoms with Gasteiger partial charge in [0.25, 0.3) is 5.91 Å². The van der Waals surface area contributed by atoms with E-state index in [4.69, 9.17) is 4.74 Å². The van der Waals surface area contributed by atoms with Crippen LogP contribution in [0, 0.1) is 6.92 Å². The maximum absolute atomic E-state index is 12.6. The molecule has 25 heavy (non-hydrogen) atoms. The van der Waals surface area contributed by atoms with Crippen molar-refractivity contribution >= 4 is 17.3 Å². The van der Waals surface area contributed by atoms with E-state index in [9.17, 15) is 4.79 Å². The van der Waals surface area contributed by atoms with Crippen molar-refractivity contribution in [2.75, 3.05) is 17.7 Å². The number of aryl methyl sites for hydroxylation is 1. The Kier molecular flexibility index (Phi) is 5.53. The van der Waals surface area contributed by atoms with Crippen molar-refractivity contribution < 1.29 is 9.53 Å². The van der Waals surface area contributed by atoms with Gasteiger partial charge in [0, 0.05) is 18.4 Å². The van der Waals surface area contributed by atoms with Gasteiger partial charge in [-0.3, -0.25) is 9.78 Å². The molecule has 0 unspecified atom stereocenters. The second-order valence-corrected chi connectivity index (χ2v) is 6.60. The van der Waals surface area contributed by atoms with Gasteiger partial charge < -0.3 is 15.4 Å². The minimum Gasteiger partial charge on any atom is -0.495 e. The van der Waals surface area contributed by atoms with Crippen LogP contribution in [0.25, 0.3) is 0 Å². The Bertz CT molecular complexity index is 739. The molecule has 5 heteroatoms. The zero-order chi connectivity index (χ0) is 17.6. The third-order valence-corrected chi connectivity index (χ3v) is 4.58. The molecule has 1 saturated carbocycles. The molecular formula is C20H25N3O2. The molecule has 1 heterocycles. The maximum atomic E-state index is 12.6. The predicted molar refractivity (Wildman–Crippen MR) is 100 cm³/mol. The molecular weight excluding hydrogens is 314 g/mol. The molecule has 2 aromatic rings. The van der Waals surface area contributed by atoms with Crippen molar-refractivity contribution in [2.45, 2.75) is 45.1 Å². The number of carbonyl (C=O) groups excluding carboxylic acids is 1. The van der Waals surface area contributed by atoms with Gasteiger partial charge in [-0.25, -0.2) is 0 Å². The van der Waals surface area contributed by atoms with Crippen molar-refractivity contribution in [3.8, 4) is 5.75 Å². The summed E-state index contributed by atoms with van der Waals surface area (Å²) in [6.45, 7) is 1.98. The van der Waals surface area contributed by atoms with Gasteiger partial charge in [-0.05, 0) is 43.5 Å². The van der Waals surface area contributed by atoms with E-state index in [1.807, 2.05) is 31.2 Å². The molecule has 132 valence electrons. The third kappa shape index (κ3) is 4.50. The molecule has 1 fully saturated rings. The van der Waals surface area contributed by atoms with Gasteiger partial charge in [0.15, 0.2) is 0 Å². The van der Waals surface area contributed by atoms with Crippen LogP contribution >= 0.6 is 0 Å². The first-order valence-electron chi connectivity index (χ1n) is 8.83. The van der Waals surface area contributed by atoms with Crippen LogP contribution in [0.15, 0.2) is 36.7 Å². The van der Waals surface area contributed by atoms with E-state index in [1.54, 1.807) is 19.5 Å². The van der Waals surface area contributed by atoms with E-state index < -0.39 is 0 Å². The number of aromatic nitrogens is 1. The molecule has 0 radical (unpaired) electrons. The number of amides is 1. The molecule has 0 bridgehead atoms. The maximum Gasteiger partial charge on any atom is 0.257 e. The smallest absolute Gasteiger partial charge is 0.257 e. The molecule has 0 spiro atoms. The van der Waals surface area contributed by atoms with Crippen LogP contribution in [0.1, 0.15) is 48.0 Å². The quantitative estimate of drug-likeness (QED) is 0.848. The molecule has 3 rings (SSSR count). The highest BCUT2D eigenvalue weighted by Crippen LogP contribution is 2.26. The molecule has 2 N–H and O–H groups in total. The number of anilines is 2. The van der Waals surface area contributed by atoms with E-state index in [2.05, 4.69) is 15.6 Å². The van der Waals surface area contributed by atoms with Crippen molar-refractivity contribution in [3.63, 3.8) is 0 Å². The zero-order valence-electron chi connectivity index (χ0n) is 14.8. The Morgan fingerprint density at radius 3 is 2.72 bits per heavy atom. The summed E-state index contributed by atoms with van der Waals surface area (Å²) in [5.41, 5.74) is 3.15. The van der Waals surface area contributed by atoms with Gasteiger partial charge in [0.05, 0.1) is 24.0 Å². The standard InChI is InChI=1S/C20H25N3O2/c1-14-8-9-19(25-2)18(10-14)23-20(24)15-11-17(13-21-12-15)22-16-6-4-3-5-7-16/h8-13,16,22H,3-7H2,1-2H3,(H,23,24). The number of ether oxygens (including phenoxy) is 1. The van der Waals surface area contributed by atoms with Crippen molar-refractivity contribution in [2.24, 2.45) is 0 Å². The van der Waals surface area contributed by atoms with Gasteiger partial charge in [-0.2, -0.15) is 0 Å². The summed E-state index contributed by atoms with van der Waals surface area (Å²) in [4.78, 5) is 16.8. The van der Waals surface area contributed by atoms with Gasteiger partial charge in [0.2, 0.25) is 0 Å². The minimum atomic E-state index is -0.191. The minimum absolute atomic E-state index is 0.191. The highest BCUT2D eigenvalue weighted by molar-refractivity contribution is 6.05. The third-order valence-electron chi connectivity index (χ3n) is 4.58. The summed E-state index contributed by atoms with van der Waals surface area (Å²) in [5.74, 6) is 0.451. The van der Waals surface area contributed by atoms with Gasteiger partial charge in [-0.1, -0.05) is 25.3 Å². The summed E-state index contributed by atoms with van der Waals surface area (Å²) >= 11 is 0. The Labute approximate surface area is 148 Å². The predicted octanol–water partition coefficient (Wildman–Crippen LogP) is 4.40. The lowest BCUT2D eigenvalue weighted by Crippen LogP contribution is -2.22. The van der Waals surface area contributed by atoms with Gasteiger partial charge >= 0.3 is 0 Å². The molecule has 1 aliphatic rings. The fraction of sp³-hybridized carbons (Fsp3) is 0.400. The van der Waals surface area contributed by atoms with Crippen molar-refractivity contribution in [3.05, 3.63) is 47.8 Å². The molecule has 1 aliphatic carbocycles. The van der Waals surface area contributed by atoms with Crippen LogP contribution in [-0.2, 0) is 0 Å². The van der Waals surface area contributed by atoms with Crippen LogP contribution < -0.4 is 15.4 Å². The summed E-state index contributed by atoms with van der Waals surface area (Å²) in [6, 6.07) is 8.04. The fourth-order valence-electron chi connectivity index (χ4n) is 3.24. The number of carbonyl (C=O) groups is 1. The van der Waals surface area contributed by atoms with E-state index in [-0.39, 0.29) is 5.91 Å². The molecule has 1 aromatic heterocycles. The van der Waals surface area contributed by atoms with Crippen molar-refractivity contribution in [1.29, 1.82) is 0 Å². The number of benzene rings is 1. The number of nitrogens with one attached hydrogen (secondary N) is 2. The fourth-order valence-corrected chi connectivity index (χ4v) is 3.24. The average Bonchev–Trinajstić information content (AvgIpc) is 2.63. The molecule has 0 saturated heterocycles. The average molecular weight is 339 g/mol. The van der Waals surface area contributed by atoms with Crippen LogP contribution in [0.4, 0.5) is 11.4 Å². The SMILES string of the molecule is COc1ccc(C)cc1NC(=O)c1cncc(NC2CCCCC2)c1. The number of methoxy groups -OCH3 is 1. The van der Waals surface area contributed by atoms with Crippen LogP contribution in [-0.4, -0.2) is 24.0 Å². The Morgan fingerprint density at radius 1 is 1.16 bits per heavy atom. The lowest BCUT2D eigenvalue weighted by molar-refractivity contribution is 0.102. The lowest BCUT2D eigenvalue weighted by atomic mass is 9.95. The highest BCUT2D eigenvalue weighted by Gasteiger charge is 2.15. The number of nitrogens with zero attached hydrogens (tertiary/aromatic N) is 1. The molecule has 1 aromatic carbocycles. The molecule has 1 amide bonds. The van der Waals surface area contributed by atoms with E-state index in [0.717, 1.165) is 11.3 Å². The topological polar surface area (TPSA) is 63.2 Å². The van der Waals surface area contributed by atoms with E-state index in [1.165, 1.54) is 32.1 Å². The Hall–Kier alpha value is -2.56. The van der Waals surface area contributed by atoms with Gasteiger partial charge in [-0.15, -0.1) is 0 Å². The summed E-state index contributed by atoms with van der Waals surface area (Å²) < 4.78 is 5.32. The first-order chi connectivity index (χ1) is 12.2. The first-order valence-corrected chi connectivity index (χ1v) is 8.83. The van der Waals surface area contributed by atoms with Gasteiger partial charge in [0.1, 0.15) is 5.75 Å². The number of pyridine rings is 1. The second kappa shape index (κ2) is 8.01. The van der Waals surface area contributed by atoms with Crippen LogP contribution in [0.2, 0.25) is 0 Å². The summed E-state index contributed by atoms with van der Waals surface area (Å²) in [6.07, 6.45) is 9.56. The van der Waals surface area contributed by atoms with Crippen LogP contribution in [0.3, 0.4) is 0 Å². The number of rotatable bonds is 5. The lowest BCUT2D eigenvalue weighted by Gasteiger charge is -2.23. The molecule has 0 aliphatic heterocycles. The van der Waals surface area contributed by atoms with Crippen molar-refractivity contribution in [1.82, 2.24) is 4.98 Å². The molecule has 0 atom stereocenters. The zero-order valence-corrected chi connectivity index (χ0v) is 14.8. The van der Waals surface area contributed by atoms with E-state index >= 15 is 0 Å². The highest BCUT2D eigenvalue weighted by atomic mass is 16.5. The summed E-state index contributed by atoms with van der Waals surface area (Å²) in [7, 11) is 1.59. The second-order valence-electron chi connectivity index (χ2n) is 6.60. The Morgan fingerprint density at radius 2 is 1.96 bits per heavy atom. The van der Waals surface area contributed by atoms with Crippen LogP contribution in [0.5, 0.6) is 5.75 Å². The number of hydrogen-bond donors (Lipinski definition) is 2. The van der Waals surface area contributed by atoms with E-state index in [0.29, 0.717) is 23.0 Å². The molecule has 5 nitrogen and oxygen atoms in total. The first kappa shape index (κ1) is 17.3. The number of hydrogen-bond acceptors (Lipinski definition) is 4. The summed E-state index contributed by atoms with van der Waals surface area (Å²) in [5, 5.41) is 6.42. The normalized spacial score (nSPS) is 14.8. The largest absolute Gasteiger partial charge is 0.495 e.